The molecule has 0 saturated carbocycles. The number of aliphatic hydroxyl groups is 1. The van der Waals surface area contributed by atoms with Gasteiger partial charge in [0.25, 0.3) is 5.91 Å². The Morgan fingerprint density at radius 2 is 1.90 bits per heavy atom. The van der Waals surface area contributed by atoms with Gasteiger partial charge >= 0.3 is 0 Å². The van der Waals surface area contributed by atoms with Crippen LogP contribution in [0.5, 0.6) is 0 Å². The van der Waals surface area contributed by atoms with Crippen molar-refractivity contribution in [2.45, 2.75) is 12.5 Å². The fourth-order valence-electron chi connectivity index (χ4n) is 3.67. The van der Waals surface area contributed by atoms with Gasteiger partial charge in [-0.1, -0.05) is 59.6 Å². The van der Waals surface area contributed by atoms with Crippen molar-refractivity contribution in [2.24, 2.45) is 0 Å². The number of hydrogen-bond donors (Lipinski definition) is 2. The highest BCUT2D eigenvalue weighted by molar-refractivity contribution is 6.30. The van der Waals surface area contributed by atoms with Crippen LogP contribution in [0.1, 0.15) is 16.7 Å². The molecule has 0 saturated heterocycles. The molecule has 0 aliphatic carbocycles. The van der Waals surface area contributed by atoms with Crippen molar-refractivity contribution < 1.29 is 19.1 Å². The van der Waals surface area contributed by atoms with Crippen LogP contribution in [0.15, 0.2) is 66.7 Å². The lowest BCUT2D eigenvalue weighted by Crippen LogP contribution is -2.44. The number of hydrogen-bond acceptors (Lipinski definition) is 3. The highest BCUT2D eigenvalue weighted by atomic mass is 35.5. The molecule has 0 radical (unpaired) electrons. The summed E-state index contributed by atoms with van der Waals surface area (Å²) in [5.41, 5.74) is 0.184. The molecule has 0 aromatic heterocycles. The third-order valence-corrected chi connectivity index (χ3v) is 5.32. The van der Waals surface area contributed by atoms with Gasteiger partial charge in [-0.25, -0.2) is 4.39 Å². The topological polar surface area (TPSA) is 69.6 Å². The molecule has 1 atom stereocenters. The zero-order valence-corrected chi connectivity index (χ0v) is 16.8. The molecule has 0 unspecified atom stereocenters. The molecule has 2 amide bonds. The summed E-state index contributed by atoms with van der Waals surface area (Å²) >= 11 is 5.73. The number of benzene rings is 3. The average Bonchev–Trinajstić information content (AvgIpc) is 2.93. The number of aryl methyl sites for hydroxylation is 1. The van der Waals surface area contributed by atoms with Crippen LogP contribution in [0.25, 0.3) is 0 Å². The van der Waals surface area contributed by atoms with Gasteiger partial charge in [0.15, 0.2) is 5.60 Å². The van der Waals surface area contributed by atoms with Gasteiger partial charge in [-0.15, -0.1) is 0 Å². The number of carbonyl (C=O) groups is 2. The summed E-state index contributed by atoms with van der Waals surface area (Å²) in [6, 6.07) is 17.7. The smallest absolute Gasteiger partial charge is 0.268 e. The summed E-state index contributed by atoms with van der Waals surface area (Å²) in [7, 11) is 0. The molecular weight excluding hydrogens is 407 g/mol. The molecule has 2 N–H and O–H groups in total. The van der Waals surface area contributed by atoms with Crippen LogP contribution in [0.2, 0.25) is 5.02 Å². The Bertz CT molecular complexity index is 1170. The summed E-state index contributed by atoms with van der Waals surface area (Å²) in [6.45, 7) is 1.48. The van der Waals surface area contributed by atoms with E-state index in [0.717, 1.165) is 11.6 Å². The van der Waals surface area contributed by atoms with Gasteiger partial charge in [-0.05, 0) is 36.8 Å². The Hall–Kier alpha value is -3.22. The van der Waals surface area contributed by atoms with Gasteiger partial charge in [0.05, 0.1) is 11.4 Å². The molecule has 1 aliphatic heterocycles. The van der Waals surface area contributed by atoms with E-state index in [4.69, 9.17) is 11.6 Å². The number of nitrogens with one attached hydrogen (secondary N) is 1. The summed E-state index contributed by atoms with van der Waals surface area (Å²) in [5, 5.41) is 14.1. The standard InChI is InChI=1S/C23H18ClFN2O3/c1-14-5-4-6-15(11-14)23(30)17-7-2-3-8-20(17)27(22(23)29)13-21(28)26-19-10-9-16(24)12-18(19)25/h2-12,30H,13H2,1H3,(H,26,28)/t23-/m1/s1. The summed E-state index contributed by atoms with van der Waals surface area (Å²) in [5.74, 6) is -1.92. The Balaban J connectivity index is 1.66. The van der Waals surface area contributed by atoms with Gasteiger partial charge in [0.2, 0.25) is 5.91 Å². The van der Waals surface area contributed by atoms with Gasteiger partial charge in [0, 0.05) is 10.6 Å². The maximum Gasteiger partial charge on any atom is 0.268 e. The third kappa shape index (κ3) is 3.34. The molecule has 0 spiro atoms. The minimum absolute atomic E-state index is 0.0433. The molecule has 152 valence electrons. The number of fused-ring (bicyclic) bond motifs is 1. The second kappa shape index (κ2) is 7.55. The molecule has 7 heteroatoms. The van der Waals surface area contributed by atoms with Crippen LogP contribution in [0.3, 0.4) is 0 Å². The fraction of sp³-hybridized carbons (Fsp3) is 0.130. The highest BCUT2D eigenvalue weighted by Gasteiger charge is 2.51. The van der Waals surface area contributed by atoms with E-state index < -0.39 is 23.2 Å². The molecule has 4 rings (SSSR count). The predicted molar refractivity (Wildman–Crippen MR) is 113 cm³/mol. The van der Waals surface area contributed by atoms with E-state index in [-0.39, 0.29) is 17.3 Å². The molecule has 3 aromatic carbocycles. The largest absolute Gasteiger partial charge is 0.372 e. The Labute approximate surface area is 177 Å². The Kier molecular flexibility index (Phi) is 5.05. The molecule has 1 aliphatic rings. The van der Waals surface area contributed by atoms with Gasteiger partial charge in [-0.2, -0.15) is 0 Å². The monoisotopic (exact) mass is 424 g/mol. The summed E-state index contributed by atoms with van der Waals surface area (Å²) in [4.78, 5) is 27.1. The van der Waals surface area contributed by atoms with Crippen molar-refractivity contribution in [1.29, 1.82) is 0 Å². The van der Waals surface area contributed by atoms with E-state index >= 15 is 0 Å². The van der Waals surface area contributed by atoms with E-state index in [1.807, 2.05) is 13.0 Å². The molecule has 3 aromatic rings. The number of anilines is 2. The normalized spacial score (nSPS) is 17.7. The summed E-state index contributed by atoms with van der Waals surface area (Å²) < 4.78 is 14.0. The first-order valence-corrected chi connectivity index (χ1v) is 9.64. The number of rotatable bonds is 4. The lowest BCUT2D eigenvalue weighted by atomic mass is 9.87. The van der Waals surface area contributed by atoms with Crippen molar-refractivity contribution in [3.05, 3.63) is 94.3 Å². The van der Waals surface area contributed by atoms with Crippen molar-refractivity contribution in [3.8, 4) is 0 Å². The molecule has 5 nitrogen and oxygen atoms in total. The lowest BCUT2D eigenvalue weighted by Gasteiger charge is -2.24. The first-order chi connectivity index (χ1) is 14.3. The average molecular weight is 425 g/mol. The van der Waals surface area contributed by atoms with Crippen molar-refractivity contribution in [3.63, 3.8) is 0 Å². The van der Waals surface area contributed by atoms with E-state index in [0.29, 0.717) is 16.8 Å². The van der Waals surface area contributed by atoms with Crippen molar-refractivity contribution in [2.75, 3.05) is 16.8 Å². The number of para-hydroxylation sites is 1. The minimum Gasteiger partial charge on any atom is -0.372 e. The zero-order valence-electron chi connectivity index (χ0n) is 16.0. The number of carbonyl (C=O) groups excluding carboxylic acids is 2. The molecule has 0 fully saturated rings. The van der Waals surface area contributed by atoms with Crippen LogP contribution >= 0.6 is 11.6 Å². The third-order valence-electron chi connectivity index (χ3n) is 5.08. The zero-order chi connectivity index (χ0) is 21.5. The highest BCUT2D eigenvalue weighted by Crippen LogP contribution is 2.44. The summed E-state index contributed by atoms with van der Waals surface area (Å²) in [6.07, 6.45) is 0. The van der Waals surface area contributed by atoms with Gasteiger partial charge in [-0.3, -0.25) is 14.5 Å². The maximum absolute atomic E-state index is 14.0. The Morgan fingerprint density at radius 1 is 1.13 bits per heavy atom. The molecule has 1 heterocycles. The maximum atomic E-state index is 14.0. The van der Waals surface area contributed by atoms with Crippen molar-refractivity contribution >= 4 is 34.8 Å². The molecular formula is C23H18ClFN2O3. The fourth-order valence-corrected chi connectivity index (χ4v) is 3.82. The SMILES string of the molecule is Cc1cccc([C@]2(O)C(=O)N(CC(=O)Nc3ccc(Cl)cc3F)c3ccccc32)c1. The predicted octanol–water partition coefficient (Wildman–Crippen LogP) is 4.01. The lowest BCUT2D eigenvalue weighted by molar-refractivity contribution is -0.133. The second-order valence-electron chi connectivity index (χ2n) is 7.16. The van der Waals surface area contributed by atoms with Crippen LogP contribution in [-0.2, 0) is 15.2 Å². The second-order valence-corrected chi connectivity index (χ2v) is 7.60. The van der Waals surface area contributed by atoms with Crippen LogP contribution < -0.4 is 10.2 Å². The van der Waals surface area contributed by atoms with Gasteiger partial charge < -0.3 is 10.4 Å². The molecule has 0 bridgehead atoms. The van der Waals surface area contributed by atoms with E-state index in [2.05, 4.69) is 5.32 Å². The van der Waals surface area contributed by atoms with E-state index in [1.54, 1.807) is 42.5 Å². The van der Waals surface area contributed by atoms with Crippen molar-refractivity contribution in [1.82, 2.24) is 0 Å². The van der Waals surface area contributed by atoms with E-state index in [1.165, 1.54) is 17.0 Å². The minimum atomic E-state index is -1.91. The first-order valence-electron chi connectivity index (χ1n) is 9.26. The van der Waals surface area contributed by atoms with Gasteiger partial charge in [0.1, 0.15) is 12.4 Å². The Morgan fingerprint density at radius 3 is 2.63 bits per heavy atom. The number of nitrogens with zero attached hydrogens (tertiary/aromatic N) is 1. The van der Waals surface area contributed by atoms with Crippen LogP contribution in [0, 0.1) is 12.7 Å². The number of amides is 2. The quantitative estimate of drug-likeness (QED) is 0.665. The molecule has 30 heavy (non-hydrogen) atoms. The number of halogens is 2. The van der Waals surface area contributed by atoms with Crippen LogP contribution in [0.4, 0.5) is 15.8 Å². The van der Waals surface area contributed by atoms with Crippen LogP contribution in [-0.4, -0.2) is 23.5 Å². The first kappa shape index (κ1) is 20.1. The van der Waals surface area contributed by atoms with E-state index in [9.17, 15) is 19.1 Å².